The number of halogens is 1. The van der Waals surface area contributed by atoms with Gasteiger partial charge < -0.3 is 15.0 Å². The van der Waals surface area contributed by atoms with Crippen LogP contribution in [0.15, 0.2) is 18.2 Å². The van der Waals surface area contributed by atoms with Crippen LogP contribution in [0, 0.1) is 6.92 Å². The minimum atomic E-state index is 0.714. The lowest BCUT2D eigenvalue weighted by atomic mass is 10.2. The van der Waals surface area contributed by atoms with Crippen molar-refractivity contribution in [2.24, 2.45) is 0 Å². The molecule has 1 aromatic rings. The predicted octanol–water partition coefficient (Wildman–Crippen LogP) is 3.10. The van der Waals surface area contributed by atoms with E-state index in [1.165, 1.54) is 38.0 Å². The van der Waals surface area contributed by atoms with Crippen LogP contribution in [0.3, 0.4) is 0 Å². The van der Waals surface area contributed by atoms with Gasteiger partial charge in [-0.15, -0.1) is 0 Å². The van der Waals surface area contributed by atoms with Crippen molar-refractivity contribution in [1.82, 2.24) is 10.2 Å². The maximum Gasteiger partial charge on any atom is 0.137 e. The first-order valence-electron chi connectivity index (χ1n) is 7.58. The summed E-state index contributed by atoms with van der Waals surface area (Å²) in [6.45, 7) is 8.65. The molecule has 1 saturated heterocycles. The summed E-state index contributed by atoms with van der Waals surface area (Å²) in [5.74, 6) is 0.805. The Kier molecular flexibility index (Phi) is 6.64. The molecule has 0 amide bonds. The molecule has 0 aromatic heterocycles. The normalized spacial score (nSPS) is 16.3. The Morgan fingerprint density at radius 2 is 2.00 bits per heavy atom. The van der Waals surface area contributed by atoms with Crippen molar-refractivity contribution in [3.8, 4) is 5.75 Å². The van der Waals surface area contributed by atoms with Crippen molar-refractivity contribution >= 4 is 11.6 Å². The summed E-state index contributed by atoms with van der Waals surface area (Å²) in [4.78, 5) is 2.54. The van der Waals surface area contributed by atoms with E-state index in [4.69, 9.17) is 16.3 Å². The van der Waals surface area contributed by atoms with E-state index in [2.05, 4.69) is 10.2 Å². The number of unbranched alkanes of at least 4 members (excludes halogenated alkanes) is 2. The van der Waals surface area contributed by atoms with Crippen molar-refractivity contribution in [3.05, 3.63) is 28.8 Å². The van der Waals surface area contributed by atoms with Gasteiger partial charge in [0.25, 0.3) is 0 Å². The smallest absolute Gasteiger partial charge is 0.137 e. The van der Waals surface area contributed by atoms with Crippen molar-refractivity contribution in [2.45, 2.75) is 26.2 Å². The van der Waals surface area contributed by atoms with Crippen LogP contribution in [0.25, 0.3) is 0 Å². The maximum absolute atomic E-state index is 6.13. The summed E-state index contributed by atoms with van der Waals surface area (Å²) in [6.07, 6.45) is 3.56. The summed E-state index contributed by atoms with van der Waals surface area (Å²) in [5, 5.41) is 4.09. The third-order valence-electron chi connectivity index (χ3n) is 3.67. The van der Waals surface area contributed by atoms with Crippen LogP contribution in [0.2, 0.25) is 5.02 Å². The molecule has 1 aliphatic rings. The molecule has 0 saturated carbocycles. The molecule has 0 spiro atoms. The molecule has 0 atom stereocenters. The van der Waals surface area contributed by atoms with Gasteiger partial charge in [-0.2, -0.15) is 0 Å². The Bertz CT molecular complexity index is 405. The van der Waals surface area contributed by atoms with Gasteiger partial charge in [0.05, 0.1) is 11.6 Å². The minimum Gasteiger partial charge on any atom is -0.492 e. The quantitative estimate of drug-likeness (QED) is 0.783. The zero-order chi connectivity index (χ0) is 14.2. The van der Waals surface area contributed by atoms with E-state index in [1.54, 1.807) is 0 Å². The van der Waals surface area contributed by atoms with E-state index in [9.17, 15) is 0 Å². The average Bonchev–Trinajstić information content (AvgIpc) is 2.46. The lowest BCUT2D eigenvalue weighted by molar-refractivity contribution is 0.232. The second-order valence-electron chi connectivity index (χ2n) is 5.43. The van der Waals surface area contributed by atoms with Gasteiger partial charge >= 0.3 is 0 Å². The average molecular weight is 297 g/mol. The molecule has 2 rings (SSSR count). The fourth-order valence-corrected chi connectivity index (χ4v) is 2.74. The Labute approximate surface area is 127 Å². The lowest BCUT2D eigenvalue weighted by Gasteiger charge is -2.27. The summed E-state index contributed by atoms with van der Waals surface area (Å²) in [5.41, 5.74) is 1.17. The Balaban J connectivity index is 1.55. The number of nitrogens with one attached hydrogen (secondary N) is 1. The van der Waals surface area contributed by atoms with Gasteiger partial charge in [0, 0.05) is 26.2 Å². The number of hydrogen-bond acceptors (Lipinski definition) is 3. The number of hydrogen-bond donors (Lipinski definition) is 1. The summed E-state index contributed by atoms with van der Waals surface area (Å²) >= 11 is 6.13. The van der Waals surface area contributed by atoms with Crippen LogP contribution in [0.1, 0.15) is 24.8 Å². The minimum absolute atomic E-state index is 0.714. The van der Waals surface area contributed by atoms with Gasteiger partial charge in [0.2, 0.25) is 0 Å². The molecule has 112 valence electrons. The van der Waals surface area contributed by atoms with Crippen LogP contribution >= 0.6 is 11.6 Å². The van der Waals surface area contributed by atoms with Crippen molar-refractivity contribution in [3.63, 3.8) is 0 Å². The molecule has 1 fully saturated rings. The van der Waals surface area contributed by atoms with Crippen molar-refractivity contribution in [2.75, 3.05) is 39.3 Å². The van der Waals surface area contributed by atoms with E-state index >= 15 is 0 Å². The standard InChI is InChI=1S/C16H25ClN2O/c1-14-5-6-16(15(17)13-14)20-12-4-2-3-9-19-10-7-18-8-11-19/h5-6,13,18H,2-4,7-12H2,1H3. The zero-order valence-corrected chi connectivity index (χ0v) is 13.1. The molecule has 1 N–H and O–H groups in total. The van der Waals surface area contributed by atoms with Crippen LogP contribution in [0.4, 0.5) is 0 Å². The van der Waals surface area contributed by atoms with Gasteiger partial charge in [-0.1, -0.05) is 17.7 Å². The molecule has 4 heteroatoms. The molecule has 1 aliphatic heterocycles. The molecule has 20 heavy (non-hydrogen) atoms. The largest absolute Gasteiger partial charge is 0.492 e. The molecule has 1 aromatic carbocycles. The number of nitrogens with zero attached hydrogens (tertiary/aromatic N) is 1. The van der Waals surface area contributed by atoms with Gasteiger partial charge in [0.1, 0.15) is 5.75 Å². The van der Waals surface area contributed by atoms with Crippen LogP contribution in [0.5, 0.6) is 5.75 Å². The highest BCUT2D eigenvalue weighted by molar-refractivity contribution is 6.32. The third-order valence-corrected chi connectivity index (χ3v) is 3.97. The number of aryl methyl sites for hydroxylation is 1. The van der Waals surface area contributed by atoms with E-state index in [-0.39, 0.29) is 0 Å². The maximum atomic E-state index is 6.13. The summed E-state index contributed by atoms with van der Waals surface area (Å²) in [7, 11) is 0. The van der Waals surface area contributed by atoms with Crippen LogP contribution in [-0.2, 0) is 0 Å². The molecular weight excluding hydrogens is 272 g/mol. The Hall–Kier alpha value is -0.770. The number of piperazine rings is 1. The van der Waals surface area contributed by atoms with E-state index in [0.29, 0.717) is 5.02 Å². The lowest BCUT2D eigenvalue weighted by Crippen LogP contribution is -2.43. The third kappa shape index (κ3) is 5.31. The number of rotatable bonds is 7. The second kappa shape index (κ2) is 8.50. The predicted molar refractivity (Wildman–Crippen MR) is 84.8 cm³/mol. The van der Waals surface area contributed by atoms with Crippen LogP contribution in [-0.4, -0.2) is 44.2 Å². The molecule has 3 nitrogen and oxygen atoms in total. The zero-order valence-electron chi connectivity index (χ0n) is 12.3. The summed E-state index contributed by atoms with van der Waals surface area (Å²) < 4.78 is 5.73. The highest BCUT2D eigenvalue weighted by Crippen LogP contribution is 2.25. The Morgan fingerprint density at radius 3 is 2.75 bits per heavy atom. The number of ether oxygens (including phenoxy) is 1. The van der Waals surface area contributed by atoms with E-state index in [1.807, 2.05) is 25.1 Å². The SMILES string of the molecule is Cc1ccc(OCCCCCN2CCNCC2)c(Cl)c1. The molecule has 0 unspecified atom stereocenters. The molecular formula is C16H25ClN2O. The Morgan fingerprint density at radius 1 is 1.20 bits per heavy atom. The molecule has 1 heterocycles. The fourth-order valence-electron chi connectivity index (χ4n) is 2.45. The fraction of sp³-hybridized carbons (Fsp3) is 0.625. The van der Waals surface area contributed by atoms with E-state index < -0.39 is 0 Å². The topological polar surface area (TPSA) is 24.5 Å². The summed E-state index contributed by atoms with van der Waals surface area (Å²) in [6, 6.07) is 5.94. The van der Waals surface area contributed by atoms with Crippen molar-refractivity contribution in [1.29, 1.82) is 0 Å². The molecule has 0 aliphatic carbocycles. The van der Waals surface area contributed by atoms with E-state index in [0.717, 1.165) is 31.9 Å². The second-order valence-corrected chi connectivity index (χ2v) is 5.84. The number of benzene rings is 1. The first-order chi connectivity index (χ1) is 9.75. The first kappa shape index (κ1) is 15.6. The van der Waals surface area contributed by atoms with Gasteiger partial charge in [-0.25, -0.2) is 0 Å². The van der Waals surface area contributed by atoms with Crippen molar-refractivity contribution < 1.29 is 4.74 Å². The van der Waals surface area contributed by atoms with Gasteiger partial charge in [-0.3, -0.25) is 0 Å². The first-order valence-corrected chi connectivity index (χ1v) is 7.95. The van der Waals surface area contributed by atoms with Crippen LogP contribution < -0.4 is 10.1 Å². The monoisotopic (exact) mass is 296 g/mol. The van der Waals surface area contributed by atoms with Gasteiger partial charge in [0.15, 0.2) is 0 Å². The molecule has 0 bridgehead atoms. The molecule has 0 radical (unpaired) electrons. The highest BCUT2D eigenvalue weighted by Gasteiger charge is 2.08. The highest BCUT2D eigenvalue weighted by atomic mass is 35.5. The van der Waals surface area contributed by atoms with Gasteiger partial charge in [-0.05, 0) is 50.4 Å².